The highest BCUT2D eigenvalue weighted by atomic mass is 16.5. The Hall–Kier alpha value is -2.56. The van der Waals surface area contributed by atoms with Gasteiger partial charge in [0, 0.05) is 6.54 Å². The van der Waals surface area contributed by atoms with E-state index in [0.717, 1.165) is 12.0 Å². The molecule has 120 valence electrons. The second kappa shape index (κ2) is 6.69. The lowest BCUT2D eigenvalue weighted by Crippen LogP contribution is -2.41. The summed E-state index contributed by atoms with van der Waals surface area (Å²) in [6, 6.07) is 10.6. The summed E-state index contributed by atoms with van der Waals surface area (Å²) >= 11 is 0. The van der Waals surface area contributed by atoms with Crippen LogP contribution in [0.25, 0.3) is 0 Å². The third kappa shape index (κ3) is 3.28. The molecule has 2 heterocycles. The Morgan fingerprint density at radius 1 is 1.26 bits per heavy atom. The van der Waals surface area contributed by atoms with E-state index in [1.807, 2.05) is 30.3 Å². The van der Waals surface area contributed by atoms with Crippen LogP contribution >= 0.6 is 0 Å². The first kappa shape index (κ1) is 15.3. The summed E-state index contributed by atoms with van der Waals surface area (Å²) in [4.78, 5) is 26.5. The Kier molecular flexibility index (Phi) is 4.46. The number of carbonyl (C=O) groups excluding carboxylic acids is 2. The van der Waals surface area contributed by atoms with Crippen LogP contribution in [0, 0.1) is 6.92 Å². The Labute approximate surface area is 134 Å². The third-order valence-corrected chi connectivity index (χ3v) is 4.10. The number of aryl methyl sites for hydroxylation is 1. The first-order valence-electron chi connectivity index (χ1n) is 7.72. The minimum Gasteiger partial charge on any atom is -0.469 e. The number of rotatable bonds is 4. The summed E-state index contributed by atoms with van der Waals surface area (Å²) in [5.74, 6) is 0.0505. The summed E-state index contributed by atoms with van der Waals surface area (Å²) in [5.41, 5.74) is 1.44. The minimum atomic E-state index is -0.513. The monoisotopic (exact) mass is 313 g/mol. The molecule has 1 aromatic carbocycles. The molecule has 1 aliphatic heterocycles. The summed E-state index contributed by atoms with van der Waals surface area (Å²) < 4.78 is 10.6. The zero-order valence-electron chi connectivity index (χ0n) is 13.0. The maximum atomic E-state index is 12.6. The standard InChI is InChI=1S/C18H19NO4/c1-13-15(9-11-22-13)17(20)19-10-5-8-16(19)18(21)23-12-14-6-3-2-4-7-14/h2-4,6-7,9,11,16H,5,8,10,12H2,1H3. The molecule has 1 unspecified atom stereocenters. The first-order valence-corrected chi connectivity index (χ1v) is 7.72. The lowest BCUT2D eigenvalue weighted by Gasteiger charge is -2.23. The van der Waals surface area contributed by atoms with E-state index in [0.29, 0.717) is 24.3 Å². The minimum absolute atomic E-state index is 0.171. The van der Waals surface area contributed by atoms with Gasteiger partial charge in [-0.25, -0.2) is 4.79 Å². The van der Waals surface area contributed by atoms with Crippen LogP contribution in [0.4, 0.5) is 0 Å². The lowest BCUT2D eigenvalue weighted by atomic mass is 10.2. The van der Waals surface area contributed by atoms with Gasteiger partial charge in [-0.2, -0.15) is 0 Å². The molecule has 23 heavy (non-hydrogen) atoms. The van der Waals surface area contributed by atoms with Crippen molar-refractivity contribution in [3.8, 4) is 0 Å². The van der Waals surface area contributed by atoms with Crippen molar-refractivity contribution in [1.29, 1.82) is 0 Å². The number of esters is 1. The van der Waals surface area contributed by atoms with Crippen molar-refractivity contribution in [2.45, 2.75) is 32.4 Å². The van der Waals surface area contributed by atoms with Gasteiger partial charge in [0.05, 0.1) is 11.8 Å². The van der Waals surface area contributed by atoms with Gasteiger partial charge in [-0.3, -0.25) is 4.79 Å². The van der Waals surface area contributed by atoms with Crippen LogP contribution in [-0.2, 0) is 16.1 Å². The third-order valence-electron chi connectivity index (χ3n) is 4.10. The summed E-state index contributed by atoms with van der Waals surface area (Å²) in [5, 5.41) is 0. The molecule has 0 bridgehead atoms. The van der Waals surface area contributed by atoms with Gasteiger partial charge in [-0.05, 0) is 31.4 Å². The molecule has 1 amide bonds. The Balaban J connectivity index is 1.65. The molecular formula is C18H19NO4. The molecule has 3 rings (SSSR count). The van der Waals surface area contributed by atoms with E-state index >= 15 is 0 Å². The average Bonchev–Trinajstić information content (AvgIpc) is 3.22. The predicted octanol–water partition coefficient (Wildman–Crippen LogP) is 2.94. The van der Waals surface area contributed by atoms with Crippen molar-refractivity contribution in [2.24, 2.45) is 0 Å². The predicted molar refractivity (Wildman–Crippen MR) is 83.7 cm³/mol. The van der Waals surface area contributed by atoms with E-state index in [1.54, 1.807) is 17.9 Å². The number of carbonyl (C=O) groups is 2. The number of nitrogens with zero attached hydrogens (tertiary/aromatic N) is 1. The smallest absolute Gasteiger partial charge is 0.329 e. The van der Waals surface area contributed by atoms with Crippen LogP contribution in [0.15, 0.2) is 47.1 Å². The maximum Gasteiger partial charge on any atom is 0.329 e. The van der Waals surface area contributed by atoms with Crippen molar-refractivity contribution >= 4 is 11.9 Å². The van der Waals surface area contributed by atoms with Gasteiger partial charge in [0.15, 0.2) is 0 Å². The SMILES string of the molecule is Cc1occc1C(=O)N1CCCC1C(=O)OCc1ccccc1. The highest BCUT2D eigenvalue weighted by Gasteiger charge is 2.36. The van der Waals surface area contributed by atoms with E-state index in [1.165, 1.54) is 6.26 Å². The fourth-order valence-corrected chi connectivity index (χ4v) is 2.84. The molecule has 5 heteroatoms. The van der Waals surface area contributed by atoms with Crippen LogP contribution < -0.4 is 0 Å². The number of hydrogen-bond donors (Lipinski definition) is 0. The van der Waals surface area contributed by atoms with E-state index < -0.39 is 6.04 Å². The average molecular weight is 313 g/mol. The number of amides is 1. The summed E-state index contributed by atoms with van der Waals surface area (Å²) in [7, 11) is 0. The van der Waals surface area contributed by atoms with Gasteiger partial charge in [0.2, 0.25) is 0 Å². The molecule has 0 spiro atoms. The Morgan fingerprint density at radius 2 is 2.04 bits per heavy atom. The van der Waals surface area contributed by atoms with Crippen LogP contribution in [0.3, 0.4) is 0 Å². The first-order chi connectivity index (χ1) is 11.2. The van der Waals surface area contributed by atoms with Crippen molar-refractivity contribution in [1.82, 2.24) is 4.90 Å². The normalized spacial score (nSPS) is 17.3. The number of furan rings is 1. The Morgan fingerprint density at radius 3 is 2.74 bits per heavy atom. The van der Waals surface area contributed by atoms with Crippen LogP contribution in [0.1, 0.15) is 34.5 Å². The molecule has 1 saturated heterocycles. The molecule has 1 fully saturated rings. The summed E-state index contributed by atoms with van der Waals surface area (Å²) in [6.45, 7) is 2.53. The zero-order valence-corrected chi connectivity index (χ0v) is 13.0. The van der Waals surface area contributed by atoms with Gasteiger partial charge in [0.1, 0.15) is 18.4 Å². The van der Waals surface area contributed by atoms with Crippen molar-refractivity contribution < 1.29 is 18.7 Å². The highest BCUT2D eigenvalue weighted by Crippen LogP contribution is 2.23. The molecule has 0 radical (unpaired) electrons. The van der Waals surface area contributed by atoms with Crippen molar-refractivity contribution in [2.75, 3.05) is 6.54 Å². The number of likely N-dealkylation sites (tertiary alicyclic amines) is 1. The van der Waals surface area contributed by atoms with Crippen LogP contribution in [0.2, 0.25) is 0 Å². The Bertz CT molecular complexity index is 692. The maximum absolute atomic E-state index is 12.6. The molecule has 0 N–H and O–H groups in total. The zero-order chi connectivity index (χ0) is 16.2. The molecular weight excluding hydrogens is 294 g/mol. The lowest BCUT2D eigenvalue weighted by molar-refractivity contribution is -0.149. The topological polar surface area (TPSA) is 59.8 Å². The molecule has 1 aromatic heterocycles. The molecule has 2 aromatic rings. The van der Waals surface area contributed by atoms with E-state index in [9.17, 15) is 9.59 Å². The molecule has 1 aliphatic rings. The second-order valence-corrected chi connectivity index (χ2v) is 5.64. The van der Waals surface area contributed by atoms with Gasteiger partial charge in [-0.1, -0.05) is 30.3 Å². The largest absolute Gasteiger partial charge is 0.469 e. The van der Waals surface area contributed by atoms with Crippen molar-refractivity contribution in [3.05, 3.63) is 59.5 Å². The summed E-state index contributed by atoms with van der Waals surface area (Å²) in [6.07, 6.45) is 2.92. The van der Waals surface area contributed by atoms with E-state index in [4.69, 9.17) is 9.15 Å². The second-order valence-electron chi connectivity index (χ2n) is 5.64. The van der Waals surface area contributed by atoms with E-state index in [2.05, 4.69) is 0 Å². The van der Waals surface area contributed by atoms with E-state index in [-0.39, 0.29) is 18.5 Å². The quantitative estimate of drug-likeness (QED) is 0.814. The highest BCUT2D eigenvalue weighted by molar-refractivity contribution is 5.97. The van der Waals surface area contributed by atoms with Gasteiger partial charge in [-0.15, -0.1) is 0 Å². The number of benzene rings is 1. The molecule has 0 saturated carbocycles. The number of hydrogen-bond acceptors (Lipinski definition) is 4. The van der Waals surface area contributed by atoms with Gasteiger partial charge >= 0.3 is 5.97 Å². The molecule has 0 aliphatic carbocycles. The fourth-order valence-electron chi connectivity index (χ4n) is 2.84. The van der Waals surface area contributed by atoms with Crippen LogP contribution in [0.5, 0.6) is 0 Å². The fraction of sp³-hybridized carbons (Fsp3) is 0.333. The van der Waals surface area contributed by atoms with Gasteiger partial charge in [0.25, 0.3) is 5.91 Å². The molecule has 5 nitrogen and oxygen atoms in total. The number of ether oxygens (including phenoxy) is 1. The molecule has 1 atom stereocenters. The van der Waals surface area contributed by atoms with Crippen LogP contribution in [-0.4, -0.2) is 29.4 Å². The van der Waals surface area contributed by atoms with Crippen molar-refractivity contribution in [3.63, 3.8) is 0 Å². The van der Waals surface area contributed by atoms with Gasteiger partial charge < -0.3 is 14.1 Å².